The predicted molar refractivity (Wildman–Crippen MR) is 75.3 cm³/mol. The van der Waals surface area contributed by atoms with Crippen LogP contribution < -0.4 is 0 Å². The van der Waals surface area contributed by atoms with E-state index in [2.05, 4.69) is 20.8 Å². The molecular weight excluding hydrogens is 336 g/mol. The van der Waals surface area contributed by atoms with E-state index in [9.17, 15) is 8.78 Å². The topological polar surface area (TPSA) is 3.24 Å². The number of nitrogens with zero attached hydrogens (tertiary/aromatic N) is 1. The van der Waals surface area contributed by atoms with Gasteiger partial charge in [-0.3, -0.25) is 4.90 Å². The molecular formula is C14H15BrClF2N. The van der Waals surface area contributed by atoms with Crippen molar-refractivity contribution in [2.45, 2.75) is 49.7 Å². The third-order valence-corrected chi connectivity index (χ3v) is 5.28. The maximum atomic E-state index is 14.0. The number of benzene rings is 1. The van der Waals surface area contributed by atoms with Gasteiger partial charge in [0.05, 0.1) is 4.47 Å². The second-order valence-corrected chi connectivity index (χ2v) is 6.92. The van der Waals surface area contributed by atoms with Gasteiger partial charge in [-0.15, -0.1) is 11.6 Å². The van der Waals surface area contributed by atoms with Gasteiger partial charge in [-0.25, -0.2) is 8.78 Å². The van der Waals surface area contributed by atoms with Crippen molar-refractivity contribution in [3.8, 4) is 0 Å². The zero-order valence-electron chi connectivity index (χ0n) is 10.4. The Labute approximate surface area is 125 Å². The van der Waals surface area contributed by atoms with Crippen molar-refractivity contribution < 1.29 is 8.78 Å². The smallest absolute Gasteiger partial charge is 0.144 e. The molecule has 1 aromatic rings. The summed E-state index contributed by atoms with van der Waals surface area (Å²) in [6, 6.07) is 3.48. The van der Waals surface area contributed by atoms with Crippen molar-refractivity contribution >= 4 is 27.5 Å². The van der Waals surface area contributed by atoms with E-state index in [1.165, 1.54) is 12.1 Å². The molecule has 2 aliphatic rings. The Hall–Kier alpha value is -0.190. The molecule has 2 saturated heterocycles. The highest BCUT2D eigenvalue weighted by Crippen LogP contribution is 2.39. The molecule has 0 aliphatic carbocycles. The van der Waals surface area contributed by atoms with Crippen LogP contribution in [0, 0.1) is 11.6 Å². The van der Waals surface area contributed by atoms with Crippen LogP contribution in [-0.2, 0) is 6.54 Å². The van der Waals surface area contributed by atoms with Crippen LogP contribution in [0.2, 0.25) is 0 Å². The molecule has 2 aliphatic heterocycles. The van der Waals surface area contributed by atoms with E-state index < -0.39 is 11.6 Å². The van der Waals surface area contributed by atoms with Gasteiger partial charge in [0, 0.05) is 29.6 Å². The van der Waals surface area contributed by atoms with Gasteiger partial charge in [0.25, 0.3) is 0 Å². The van der Waals surface area contributed by atoms with Gasteiger partial charge in [-0.2, -0.15) is 0 Å². The Kier molecular flexibility index (Phi) is 3.84. The largest absolute Gasteiger partial charge is 0.293 e. The number of piperidine rings is 1. The van der Waals surface area contributed by atoms with Crippen LogP contribution in [-0.4, -0.2) is 22.4 Å². The average molecular weight is 351 g/mol. The van der Waals surface area contributed by atoms with E-state index in [4.69, 9.17) is 11.6 Å². The van der Waals surface area contributed by atoms with Crippen molar-refractivity contribution in [3.63, 3.8) is 0 Å². The van der Waals surface area contributed by atoms with Crippen LogP contribution in [0.3, 0.4) is 0 Å². The second-order valence-electron chi connectivity index (χ2n) is 5.45. The maximum absolute atomic E-state index is 14.0. The van der Waals surface area contributed by atoms with E-state index in [0.29, 0.717) is 23.1 Å². The van der Waals surface area contributed by atoms with Crippen molar-refractivity contribution in [2.24, 2.45) is 0 Å². The molecule has 5 heteroatoms. The van der Waals surface area contributed by atoms with E-state index in [0.717, 1.165) is 25.7 Å². The SMILES string of the molecule is Fc1ccc(Br)c(F)c1CN1C2CCC1CC(Cl)C2. The van der Waals surface area contributed by atoms with Crippen molar-refractivity contribution in [3.05, 3.63) is 33.8 Å². The number of alkyl halides is 1. The number of fused-ring (bicyclic) bond motifs is 2. The summed E-state index contributed by atoms with van der Waals surface area (Å²) < 4.78 is 28.2. The molecule has 2 fully saturated rings. The summed E-state index contributed by atoms with van der Waals surface area (Å²) in [5, 5.41) is 0.214. The average Bonchev–Trinajstić information content (AvgIpc) is 2.60. The predicted octanol–water partition coefficient (Wildman–Crippen LogP) is 4.46. The van der Waals surface area contributed by atoms with Crippen LogP contribution in [0.4, 0.5) is 8.78 Å². The van der Waals surface area contributed by atoms with Crippen molar-refractivity contribution in [1.29, 1.82) is 0 Å². The molecule has 2 atom stereocenters. The van der Waals surface area contributed by atoms with Crippen LogP contribution >= 0.6 is 27.5 Å². The molecule has 0 spiro atoms. The van der Waals surface area contributed by atoms with Gasteiger partial charge in [-0.1, -0.05) is 0 Å². The third-order valence-electron chi connectivity index (χ3n) is 4.31. The molecule has 0 N–H and O–H groups in total. The van der Waals surface area contributed by atoms with E-state index in [1.807, 2.05) is 0 Å². The molecule has 1 aromatic carbocycles. The number of hydrogen-bond acceptors (Lipinski definition) is 1. The molecule has 0 radical (unpaired) electrons. The highest BCUT2D eigenvalue weighted by Gasteiger charge is 2.40. The lowest BCUT2D eigenvalue weighted by atomic mass is 10.0. The molecule has 0 aromatic heterocycles. The number of hydrogen-bond donors (Lipinski definition) is 0. The standard InChI is InChI=1S/C14H15BrClF2N/c15-12-3-4-13(17)11(14(12)18)7-19-9-1-2-10(19)6-8(16)5-9/h3-4,8-10H,1-2,5-7H2. The molecule has 0 amide bonds. The van der Waals surface area contributed by atoms with Gasteiger partial charge in [0.2, 0.25) is 0 Å². The second kappa shape index (κ2) is 5.30. The summed E-state index contributed by atoms with van der Waals surface area (Å²) in [4.78, 5) is 2.23. The monoisotopic (exact) mass is 349 g/mol. The Bertz CT molecular complexity index is 483. The zero-order chi connectivity index (χ0) is 13.6. The molecule has 0 saturated carbocycles. The van der Waals surface area contributed by atoms with Gasteiger partial charge in [0.1, 0.15) is 11.6 Å². The summed E-state index contributed by atoms with van der Waals surface area (Å²) in [6.45, 7) is 0.343. The van der Waals surface area contributed by atoms with Gasteiger partial charge < -0.3 is 0 Å². The summed E-state index contributed by atoms with van der Waals surface area (Å²) in [6.07, 6.45) is 4.03. The van der Waals surface area contributed by atoms with Gasteiger partial charge in [-0.05, 0) is 53.7 Å². The fourth-order valence-electron chi connectivity index (χ4n) is 3.36. The van der Waals surface area contributed by atoms with Crippen molar-refractivity contribution in [2.75, 3.05) is 0 Å². The van der Waals surface area contributed by atoms with Crippen LogP contribution in [0.15, 0.2) is 16.6 Å². The highest BCUT2D eigenvalue weighted by atomic mass is 79.9. The Morgan fingerprint density at radius 2 is 1.84 bits per heavy atom. The first-order valence-electron chi connectivity index (χ1n) is 6.58. The maximum Gasteiger partial charge on any atom is 0.144 e. The van der Waals surface area contributed by atoms with E-state index >= 15 is 0 Å². The summed E-state index contributed by atoms with van der Waals surface area (Å²) in [7, 11) is 0. The minimum absolute atomic E-state index is 0.166. The first kappa shape index (κ1) is 13.8. The lowest BCUT2D eigenvalue weighted by molar-refractivity contribution is 0.131. The quantitative estimate of drug-likeness (QED) is 0.562. The first-order valence-corrected chi connectivity index (χ1v) is 7.81. The fourth-order valence-corrected chi connectivity index (χ4v) is 4.15. The molecule has 2 bridgehead atoms. The van der Waals surface area contributed by atoms with Crippen LogP contribution in [0.25, 0.3) is 0 Å². The van der Waals surface area contributed by atoms with Crippen LogP contribution in [0.5, 0.6) is 0 Å². The lowest BCUT2D eigenvalue weighted by Gasteiger charge is -2.37. The molecule has 104 valence electrons. The molecule has 2 heterocycles. The summed E-state index contributed by atoms with van der Waals surface area (Å²) in [5.41, 5.74) is 0.166. The Morgan fingerprint density at radius 1 is 1.21 bits per heavy atom. The normalized spacial score (nSPS) is 30.8. The summed E-state index contributed by atoms with van der Waals surface area (Å²) >= 11 is 9.34. The Morgan fingerprint density at radius 3 is 2.47 bits per heavy atom. The minimum Gasteiger partial charge on any atom is -0.293 e. The first-order chi connectivity index (χ1) is 9.06. The number of halogens is 4. The zero-order valence-corrected chi connectivity index (χ0v) is 12.7. The van der Waals surface area contributed by atoms with Gasteiger partial charge >= 0.3 is 0 Å². The molecule has 19 heavy (non-hydrogen) atoms. The highest BCUT2D eigenvalue weighted by molar-refractivity contribution is 9.10. The molecule has 1 nitrogen and oxygen atoms in total. The third kappa shape index (κ3) is 2.55. The molecule has 2 unspecified atom stereocenters. The fraction of sp³-hybridized carbons (Fsp3) is 0.571. The van der Waals surface area contributed by atoms with Gasteiger partial charge in [0.15, 0.2) is 0 Å². The molecule has 3 rings (SSSR count). The van der Waals surface area contributed by atoms with Crippen molar-refractivity contribution in [1.82, 2.24) is 4.90 Å². The van der Waals surface area contributed by atoms with E-state index in [1.54, 1.807) is 0 Å². The van der Waals surface area contributed by atoms with E-state index in [-0.39, 0.29) is 10.9 Å². The minimum atomic E-state index is -0.479. The summed E-state index contributed by atoms with van der Waals surface area (Å²) in [5.74, 6) is -0.944. The van der Waals surface area contributed by atoms with Crippen LogP contribution in [0.1, 0.15) is 31.2 Å². The Balaban J connectivity index is 1.85. The number of rotatable bonds is 2. The lowest BCUT2D eigenvalue weighted by Crippen LogP contribution is -2.43.